The van der Waals surface area contributed by atoms with Crippen LogP contribution in [-0.4, -0.2) is 34.8 Å². The van der Waals surface area contributed by atoms with Gasteiger partial charge in [-0.1, -0.05) is 25.1 Å². The molecular formula is C20H23NO3S2. The predicted octanol–water partition coefficient (Wildman–Crippen LogP) is 4.59. The molecule has 1 aromatic carbocycles. The molecule has 26 heavy (non-hydrogen) atoms. The minimum Gasteiger partial charge on any atom is -0.466 e. The van der Waals surface area contributed by atoms with E-state index < -0.39 is 0 Å². The Hall–Kier alpha value is -1.40. The average Bonchev–Trinajstić information content (AvgIpc) is 3.26. The summed E-state index contributed by atoms with van der Waals surface area (Å²) in [4.78, 5) is 29.3. The third kappa shape index (κ3) is 2.61. The first-order valence-electron chi connectivity index (χ1n) is 9.21. The Morgan fingerprint density at radius 2 is 2.00 bits per heavy atom. The lowest BCUT2D eigenvalue weighted by Gasteiger charge is -2.43. The van der Waals surface area contributed by atoms with Crippen molar-refractivity contribution in [3.8, 4) is 0 Å². The molecule has 0 unspecified atom stereocenters. The highest BCUT2D eigenvalue weighted by Gasteiger charge is 2.56. The van der Waals surface area contributed by atoms with Gasteiger partial charge in [0.2, 0.25) is 0 Å². The van der Waals surface area contributed by atoms with Gasteiger partial charge in [-0.15, -0.1) is 23.5 Å². The van der Waals surface area contributed by atoms with E-state index >= 15 is 0 Å². The van der Waals surface area contributed by atoms with E-state index in [0.29, 0.717) is 13.0 Å². The summed E-state index contributed by atoms with van der Waals surface area (Å²) in [6.07, 6.45) is 1.04. The van der Waals surface area contributed by atoms with Gasteiger partial charge in [-0.25, -0.2) is 0 Å². The molecule has 1 fully saturated rings. The molecule has 6 heteroatoms. The Labute approximate surface area is 161 Å². The van der Waals surface area contributed by atoms with Crippen molar-refractivity contribution < 1.29 is 14.3 Å². The second-order valence-corrected chi connectivity index (χ2v) is 9.72. The Morgan fingerprint density at radius 3 is 2.69 bits per heavy atom. The molecule has 0 radical (unpaired) electrons. The molecule has 2 heterocycles. The molecule has 1 spiro atoms. The molecule has 1 saturated heterocycles. The lowest BCUT2D eigenvalue weighted by Crippen LogP contribution is -2.43. The van der Waals surface area contributed by atoms with E-state index in [1.807, 2.05) is 54.7 Å². The first-order valence-corrected chi connectivity index (χ1v) is 11.2. The standard InChI is InChI=1S/C20H23NO3S2/c1-3-12-14(11-16(22)24-4-2)20(25-9-10-26-20)19-17(18(12)23)13-7-5-6-8-15(13)21-19/h5-8,12,14,21H,3-4,9-11H2,1-2H3/t12-,14+/m1/s1. The number of hydrogen-bond acceptors (Lipinski definition) is 5. The number of hydrogen-bond donors (Lipinski definition) is 1. The number of fused-ring (bicyclic) bond motifs is 4. The Morgan fingerprint density at radius 1 is 1.27 bits per heavy atom. The number of carbonyl (C=O) groups is 2. The van der Waals surface area contributed by atoms with Crippen molar-refractivity contribution in [1.29, 1.82) is 0 Å². The monoisotopic (exact) mass is 389 g/mol. The minimum atomic E-state index is -0.268. The highest BCUT2D eigenvalue weighted by molar-refractivity contribution is 8.20. The first-order chi connectivity index (χ1) is 12.6. The van der Waals surface area contributed by atoms with Crippen LogP contribution in [0.2, 0.25) is 0 Å². The van der Waals surface area contributed by atoms with Gasteiger partial charge in [0.15, 0.2) is 5.78 Å². The molecule has 4 rings (SSSR count). The lowest BCUT2D eigenvalue weighted by atomic mass is 9.73. The van der Waals surface area contributed by atoms with Gasteiger partial charge in [-0.05, 0) is 19.4 Å². The molecule has 138 valence electrons. The molecule has 2 aliphatic rings. The van der Waals surface area contributed by atoms with Crippen molar-refractivity contribution in [2.24, 2.45) is 11.8 Å². The van der Waals surface area contributed by atoms with Crippen LogP contribution < -0.4 is 0 Å². The maximum atomic E-state index is 13.4. The zero-order chi connectivity index (χ0) is 18.3. The van der Waals surface area contributed by atoms with Crippen molar-refractivity contribution in [2.75, 3.05) is 18.1 Å². The summed E-state index contributed by atoms with van der Waals surface area (Å²) in [5.74, 6) is 1.84. The van der Waals surface area contributed by atoms with Crippen molar-refractivity contribution >= 4 is 46.2 Å². The Bertz CT molecular complexity index is 854. The van der Waals surface area contributed by atoms with Crippen LogP contribution in [0.25, 0.3) is 10.9 Å². The van der Waals surface area contributed by atoms with E-state index in [-0.39, 0.29) is 27.7 Å². The summed E-state index contributed by atoms with van der Waals surface area (Å²) in [5.41, 5.74) is 2.86. The summed E-state index contributed by atoms with van der Waals surface area (Å²) < 4.78 is 4.98. The number of carbonyl (C=O) groups excluding carboxylic acids is 2. The number of thioether (sulfide) groups is 2. The molecule has 0 amide bonds. The van der Waals surface area contributed by atoms with Gasteiger partial charge in [0.25, 0.3) is 0 Å². The van der Waals surface area contributed by atoms with Gasteiger partial charge in [0.05, 0.1) is 18.7 Å². The van der Waals surface area contributed by atoms with Crippen LogP contribution in [0, 0.1) is 11.8 Å². The van der Waals surface area contributed by atoms with E-state index in [1.165, 1.54) is 0 Å². The van der Waals surface area contributed by atoms with Crippen molar-refractivity contribution in [3.05, 3.63) is 35.5 Å². The van der Waals surface area contributed by atoms with Crippen LogP contribution >= 0.6 is 23.5 Å². The molecule has 4 nitrogen and oxygen atoms in total. The summed E-state index contributed by atoms with van der Waals surface area (Å²) in [5, 5.41) is 1.01. The number of benzene rings is 1. The molecule has 0 saturated carbocycles. The molecule has 2 aromatic rings. The Balaban J connectivity index is 1.90. The number of ether oxygens (including phenoxy) is 1. The number of rotatable bonds is 4. The minimum absolute atomic E-state index is 0.0443. The van der Waals surface area contributed by atoms with Gasteiger partial charge < -0.3 is 9.72 Å². The quantitative estimate of drug-likeness (QED) is 0.775. The number of para-hydroxylation sites is 1. The van der Waals surface area contributed by atoms with Crippen LogP contribution in [0.5, 0.6) is 0 Å². The average molecular weight is 390 g/mol. The molecule has 1 aliphatic carbocycles. The molecule has 1 aromatic heterocycles. The maximum Gasteiger partial charge on any atom is 0.306 e. The normalized spacial score (nSPS) is 24.2. The second kappa shape index (κ2) is 6.97. The molecule has 0 bridgehead atoms. The molecular weight excluding hydrogens is 366 g/mol. The van der Waals surface area contributed by atoms with Crippen LogP contribution in [0.4, 0.5) is 0 Å². The summed E-state index contributed by atoms with van der Waals surface area (Å²) in [6, 6.07) is 8.03. The van der Waals surface area contributed by atoms with Gasteiger partial charge in [0, 0.05) is 39.8 Å². The molecule has 2 atom stereocenters. The van der Waals surface area contributed by atoms with Crippen LogP contribution in [0.3, 0.4) is 0 Å². The number of aromatic nitrogens is 1. The zero-order valence-corrected chi connectivity index (χ0v) is 16.7. The van der Waals surface area contributed by atoms with Gasteiger partial charge in [0.1, 0.15) is 4.08 Å². The summed E-state index contributed by atoms with van der Waals surface area (Å²) >= 11 is 3.77. The SMILES string of the molecule is CCOC(=O)C[C@H]1[C@@H](CC)C(=O)c2c([nH]c3ccccc23)C12SCCS2. The van der Waals surface area contributed by atoms with Gasteiger partial charge >= 0.3 is 5.97 Å². The zero-order valence-electron chi connectivity index (χ0n) is 15.0. The first kappa shape index (κ1) is 18.0. The fourth-order valence-electron chi connectivity index (χ4n) is 4.41. The number of Topliss-reactive ketones (excluding diaryl/α,β-unsaturated/α-hetero) is 1. The van der Waals surface area contributed by atoms with E-state index in [1.54, 1.807) is 0 Å². The Kier molecular flexibility index (Phi) is 4.82. The van der Waals surface area contributed by atoms with E-state index in [4.69, 9.17) is 4.74 Å². The smallest absolute Gasteiger partial charge is 0.306 e. The third-order valence-electron chi connectivity index (χ3n) is 5.46. The van der Waals surface area contributed by atoms with Crippen molar-refractivity contribution in [2.45, 2.75) is 30.8 Å². The van der Waals surface area contributed by atoms with Crippen molar-refractivity contribution in [1.82, 2.24) is 4.98 Å². The van der Waals surface area contributed by atoms with E-state index in [9.17, 15) is 9.59 Å². The highest BCUT2D eigenvalue weighted by Crippen LogP contribution is 2.63. The highest BCUT2D eigenvalue weighted by atomic mass is 32.2. The summed E-state index contributed by atoms with van der Waals surface area (Å²) in [6.45, 7) is 4.26. The number of ketones is 1. The van der Waals surface area contributed by atoms with E-state index in [2.05, 4.69) is 11.9 Å². The van der Waals surface area contributed by atoms with E-state index in [0.717, 1.165) is 40.1 Å². The second-order valence-electron chi connectivity index (χ2n) is 6.78. The fraction of sp³-hybridized carbons (Fsp3) is 0.500. The third-order valence-corrected chi connectivity index (χ3v) is 9.11. The lowest BCUT2D eigenvalue weighted by molar-refractivity contribution is -0.144. The van der Waals surface area contributed by atoms with Crippen LogP contribution in [-0.2, 0) is 13.6 Å². The summed E-state index contributed by atoms with van der Waals surface area (Å²) in [7, 11) is 0. The molecule has 1 N–H and O–H groups in total. The molecule has 1 aliphatic heterocycles. The van der Waals surface area contributed by atoms with Gasteiger partial charge in [-0.2, -0.15) is 0 Å². The number of esters is 1. The number of aromatic amines is 1. The predicted molar refractivity (Wildman–Crippen MR) is 108 cm³/mol. The van der Waals surface area contributed by atoms with Gasteiger partial charge in [-0.3, -0.25) is 9.59 Å². The van der Waals surface area contributed by atoms with Crippen LogP contribution in [0.15, 0.2) is 24.3 Å². The van der Waals surface area contributed by atoms with Crippen molar-refractivity contribution in [3.63, 3.8) is 0 Å². The number of nitrogens with one attached hydrogen (secondary N) is 1. The maximum absolute atomic E-state index is 13.4. The topological polar surface area (TPSA) is 59.2 Å². The fourth-order valence-corrected chi connectivity index (χ4v) is 8.03. The largest absolute Gasteiger partial charge is 0.466 e. The number of H-pyrrole nitrogens is 1. The van der Waals surface area contributed by atoms with Crippen LogP contribution in [0.1, 0.15) is 42.7 Å².